The van der Waals surface area contributed by atoms with Gasteiger partial charge >= 0.3 is 0 Å². The van der Waals surface area contributed by atoms with E-state index in [9.17, 15) is 4.79 Å². The number of carbonyl (C=O) groups excluding carboxylic acids is 1. The zero-order chi connectivity index (χ0) is 9.84. The Morgan fingerprint density at radius 3 is 2.69 bits per heavy atom. The summed E-state index contributed by atoms with van der Waals surface area (Å²) < 4.78 is 0. The standard InChI is InChI=1S/C9H19N3O/c1-12(2)9(13)6-11-8-4-3-7(10)5-8/h7-8,11H,3-6,10H2,1-2H3. The Labute approximate surface area is 79.5 Å². The van der Waals surface area contributed by atoms with Crippen molar-refractivity contribution in [3.05, 3.63) is 0 Å². The predicted molar refractivity (Wildman–Crippen MR) is 52.3 cm³/mol. The normalized spacial score (nSPS) is 27.6. The molecule has 0 aliphatic heterocycles. The molecule has 2 atom stereocenters. The lowest BCUT2D eigenvalue weighted by Crippen LogP contribution is -2.38. The van der Waals surface area contributed by atoms with Crippen LogP contribution in [0.5, 0.6) is 0 Å². The highest BCUT2D eigenvalue weighted by molar-refractivity contribution is 5.77. The third kappa shape index (κ3) is 3.32. The maximum absolute atomic E-state index is 11.2. The molecule has 2 unspecified atom stereocenters. The number of hydrogen-bond donors (Lipinski definition) is 2. The molecule has 0 radical (unpaired) electrons. The van der Waals surface area contributed by atoms with E-state index in [-0.39, 0.29) is 5.91 Å². The van der Waals surface area contributed by atoms with Crippen LogP contribution >= 0.6 is 0 Å². The molecule has 0 bridgehead atoms. The lowest BCUT2D eigenvalue weighted by Gasteiger charge is -2.14. The Morgan fingerprint density at radius 1 is 1.54 bits per heavy atom. The first-order valence-corrected chi connectivity index (χ1v) is 4.78. The second kappa shape index (κ2) is 4.58. The Morgan fingerprint density at radius 2 is 2.23 bits per heavy atom. The van der Waals surface area contributed by atoms with Crippen molar-refractivity contribution in [1.29, 1.82) is 0 Å². The fourth-order valence-electron chi connectivity index (χ4n) is 1.59. The molecule has 1 aliphatic carbocycles. The number of rotatable bonds is 3. The molecule has 4 heteroatoms. The third-order valence-corrected chi connectivity index (χ3v) is 2.51. The predicted octanol–water partition coefficient (Wildman–Crippen LogP) is -0.456. The first kappa shape index (κ1) is 10.5. The van der Waals surface area contributed by atoms with Crippen LogP contribution in [0.4, 0.5) is 0 Å². The summed E-state index contributed by atoms with van der Waals surface area (Å²) in [5, 5.41) is 3.22. The van der Waals surface area contributed by atoms with E-state index in [2.05, 4.69) is 5.32 Å². The number of hydrogen-bond acceptors (Lipinski definition) is 3. The van der Waals surface area contributed by atoms with Crippen LogP contribution in [0.2, 0.25) is 0 Å². The van der Waals surface area contributed by atoms with Crippen molar-refractivity contribution in [2.24, 2.45) is 5.73 Å². The van der Waals surface area contributed by atoms with Crippen LogP contribution in [-0.2, 0) is 4.79 Å². The van der Waals surface area contributed by atoms with Crippen LogP contribution in [0.25, 0.3) is 0 Å². The molecule has 1 aliphatic rings. The number of carbonyl (C=O) groups is 1. The van der Waals surface area contributed by atoms with Crippen LogP contribution in [0.1, 0.15) is 19.3 Å². The van der Waals surface area contributed by atoms with Gasteiger partial charge in [0, 0.05) is 26.2 Å². The van der Waals surface area contributed by atoms with E-state index in [4.69, 9.17) is 5.73 Å². The van der Waals surface area contributed by atoms with Crippen LogP contribution in [0.3, 0.4) is 0 Å². The highest BCUT2D eigenvalue weighted by Crippen LogP contribution is 2.16. The highest BCUT2D eigenvalue weighted by Gasteiger charge is 2.21. The van der Waals surface area contributed by atoms with Gasteiger partial charge in [-0.25, -0.2) is 0 Å². The van der Waals surface area contributed by atoms with Crippen molar-refractivity contribution in [1.82, 2.24) is 10.2 Å². The number of likely N-dealkylation sites (N-methyl/N-ethyl adjacent to an activating group) is 1. The fraction of sp³-hybridized carbons (Fsp3) is 0.889. The smallest absolute Gasteiger partial charge is 0.236 e. The summed E-state index contributed by atoms with van der Waals surface area (Å²) in [6, 6.07) is 0.769. The van der Waals surface area contributed by atoms with Gasteiger partial charge in [0.25, 0.3) is 0 Å². The molecule has 0 aromatic heterocycles. The minimum atomic E-state index is 0.125. The Kier molecular flexibility index (Phi) is 3.69. The Bertz CT molecular complexity index is 182. The van der Waals surface area contributed by atoms with Gasteiger partial charge in [0.1, 0.15) is 0 Å². The second-order valence-electron chi connectivity index (χ2n) is 3.94. The highest BCUT2D eigenvalue weighted by atomic mass is 16.2. The molecule has 0 aromatic carbocycles. The van der Waals surface area contributed by atoms with E-state index in [0.717, 1.165) is 19.3 Å². The minimum absolute atomic E-state index is 0.125. The van der Waals surface area contributed by atoms with Crippen molar-refractivity contribution in [3.8, 4) is 0 Å². The quantitative estimate of drug-likeness (QED) is 0.626. The molecule has 1 rings (SSSR count). The molecule has 13 heavy (non-hydrogen) atoms. The lowest BCUT2D eigenvalue weighted by molar-refractivity contribution is -0.127. The number of nitrogens with zero attached hydrogens (tertiary/aromatic N) is 1. The molecular formula is C9H19N3O. The monoisotopic (exact) mass is 185 g/mol. The van der Waals surface area contributed by atoms with Crippen molar-refractivity contribution >= 4 is 5.91 Å². The van der Waals surface area contributed by atoms with Gasteiger partial charge in [-0.1, -0.05) is 0 Å². The zero-order valence-electron chi connectivity index (χ0n) is 8.42. The van der Waals surface area contributed by atoms with Crippen LogP contribution in [0, 0.1) is 0 Å². The van der Waals surface area contributed by atoms with E-state index in [1.54, 1.807) is 19.0 Å². The van der Waals surface area contributed by atoms with Crippen LogP contribution < -0.4 is 11.1 Å². The zero-order valence-corrected chi connectivity index (χ0v) is 8.42. The first-order valence-electron chi connectivity index (χ1n) is 4.78. The summed E-state index contributed by atoms with van der Waals surface area (Å²) in [5.74, 6) is 0.125. The summed E-state index contributed by atoms with van der Waals surface area (Å²) in [4.78, 5) is 12.8. The number of nitrogens with one attached hydrogen (secondary N) is 1. The molecule has 1 saturated carbocycles. The van der Waals surface area contributed by atoms with Crippen molar-refractivity contribution in [2.75, 3.05) is 20.6 Å². The van der Waals surface area contributed by atoms with E-state index < -0.39 is 0 Å². The SMILES string of the molecule is CN(C)C(=O)CNC1CCC(N)C1. The van der Waals surface area contributed by atoms with Gasteiger partial charge in [-0.3, -0.25) is 4.79 Å². The van der Waals surface area contributed by atoms with Gasteiger partial charge in [-0.15, -0.1) is 0 Å². The van der Waals surface area contributed by atoms with E-state index in [1.807, 2.05) is 0 Å². The number of amides is 1. The average molecular weight is 185 g/mol. The van der Waals surface area contributed by atoms with Crippen LogP contribution in [0.15, 0.2) is 0 Å². The maximum atomic E-state index is 11.2. The maximum Gasteiger partial charge on any atom is 0.236 e. The number of nitrogens with two attached hydrogens (primary N) is 1. The van der Waals surface area contributed by atoms with Gasteiger partial charge in [-0.2, -0.15) is 0 Å². The summed E-state index contributed by atoms with van der Waals surface area (Å²) in [6.07, 6.45) is 3.18. The lowest BCUT2D eigenvalue weighted by atomic mass is 10.2. The van der Waals surface area contributed by atoms with Gasteiger partial charge in [0.2, 0.25) is 5.91 Å². The largest absolute Gasteiger partial charge is 0.348 e. The molecule has 76 valence electrons. The van der Waals surface area contributed by atoms with E-state index in [0.29, 0.717) is 18.6 Å². The topological polar surface area (TPSA) is 58.4 Å². The summed E-state index contributed by atoms with van der Waals surface area (Å²) in [5.41, 5.74) is 5.76. The molecule has 3 N–H and O–H groups in total. The molecule has 1 amide bonds. The van der Waals surface area contributed by atoms with Gasteiger partial charge in [0.05, 0.1) is 6.54 Å². The van der Waals surface area contributed by atoms with Gasteiger partial charge < -0.3 is 16.0 Å². The molecule has 0 spiro atoms. The summed E-state index contributed by atoms with van der Waals surface area (Å²) >= 11 is 0. The third-order valence-electron chi connectivity index (χ3n) is 2.51. The van der Waals surface area contributed by atoms with E-state index >= 15 is 0 Å². The Hall–Kier alpha value is -0.610. The minimum Gasteiger partial charge on any atom is -0.348 e. The molecule has 1 fully saturated rings. The van der Waals surface area contributed by atoms with Crippen molar-refractivity contribution in [3.63, 3.8) is 0 Å². The van der Waals surface area contributed by atoms with E-state index in [1.165, 1.54) is 0 Å². The second-order valence-corrected chi connectivity index (χ2v) is 3.94. The van der Waals surface area contributed by atoms with Crippen molar-refractivity contribution in [2.45, 2.75) is 31.3 Å². The average Bonchev–Trinajstić information content (AvgIpc) is 2.47. The van der Waals surface area contributed by atoms with Gasteiger partial charge in [0.15, 0.2) is 0 Å². The molecule has 0 saturated heterocycles. The Balaban J connectivity index is 2.16. The summed E-state index contributed by atoms with van der Waals surface area (Å²) in [6.45, 7) is 0.435. The molecule has 4 nitrogen and oxygen atoms in total. The molecule has 0 heterocycles. The summed E-state index contributed by atoms with van der Waals surface area (Å²) in [7, 11) is 3.54. The fourth-order valence-corrected chi connectivity index (χ4v) is 1.59. The first-order chi connectivity index (χ1) is 6.09. The van der Waals surface area contributed by atoms with Crippen molar-refractivity contribution < 1.29 is 4.79 Å². The van der Waals surface area contributed by atoms with Gasteiger partial charge in [-0.05, 0) is 19.3 Å². The van der Waals surface area contributed by atoms with Crippen LogP contribution in [-0.4, -0.2) is 43.5 Å². The molecule has 0 aromatic rings. The molecular weight excluding hydrogens is 166 g/mol.